The molecule has 0 spiro atoms. The highest BCUT2D eigenvalue weighted by Gasteiger charge is 2.24. The van der Waals surface area contributed by atoms with Crippen LogP contribution in [0.25, 0.3) is 11.1 Å². The zero-order chi connectivity index (χ0) is 20.1. The summed E-state index contributed by atoms with van der Waals surface area (Å²) in [6.07, 6.45) is 7.07. The van der Waals surface area contributed by atoms with Crippen molar-refractivity contribution in [2.75, 3.05) is 19.6 Å². The second-order valence-electron chi connectivity index (χ2n) is 7.81. The third-order valence-electron chi connectivity index (χ3n) is 5.87. The van der Waals surface area contributed by atoms with Gasteiger partial charge in [0.25, 0.3) is 5.91 Å². The van der Waals surface area contributed by atoms with Crippen LogP contribution in [0.2, 0.25) is 5.02 Å². The van der Waals surface area contributed by atoms with Gasteiger partial charge in [0.05, 0.1) is 5.56 Å². The van der Waals surface area contributed by atoms with Crippen molar-refractivity contribution >= 4 is 17.5 Å². The largest absolute Gasteiger partial charge is 0.366 e. The minimum Gasteiger partial charge on any atom is -0.366 e. The van der Waals surface area contributed by atoms with Gasteiger partial charge in [-0.15, -0.1) is 0 Å². The van der Waals surface area contributed by atoms with Crippen LogP contribution in [-0.2, 0) is 13.0 Å². The van der Waals surface area contributed by atoms with Crippen molar-refractivity contribution in [3.63, 3.8) is 0 Å². The van der Waals surface area contributed by atoms with Gasteiger partial charge in [-0.05, 0) is 63.4 Å². The number of amides is 1. The highest BCUT2D eigenvalue weighted by Crippen LogP contribution is 2.34. The molecule has 2 heterocycles. The predicted octanol–water partition coefficient (Wildman–Crippen LogP) is 5.04. The fourth-order valence-corrected chi connectivity index (χ4v) is 4.48. The maximum absolute atomic E-state index is 12.4. The van der Waals surface area contributed by atoms with E-state index in [1.165, 1.54) is 38.0 Å². The zero-order valence-corrected chi connectivity index (χ0v) is 17.9. The minimum atomic E-state index is -0.350. The van der Waals surface area contributed by atoms with Gasteiger partial charge in [0.15, 0.2) is 0 Å². The molecule has 4 nitrogen and oxygen atoms in total. The van der Waals surface area contributed by atoms with Crippen LogP contribution in [0, 0.1) is 6.92 Å². The molecule has 0 radical (unpaired) electrons. The van der Waals surface area contributed by atoms with E-state index in [1.807, 2.05) is 31.2 Å². The molecule has 0 unspecified atom stereocenters. The Bertz CT molecular complexity index is 804. The summed E-state index contributed by atoms with van der Waals surface area (Å²) < 4.78 is 2.34. The number of halogens is 1. The Labute approximate surface area is 173 Å². The zero-order valence-electron chi connectivity index (χ0n) is 17.1. The molecular formula is C23H32ClN3O. The number of unbranched alkanes of at least 4 members (excludes halogenated alkanes) is 1. The SMILES string of the molecule is CCCCc1c(-c2ccc(Cl)cc2)c(C(N)=O)c(C)n1CCN1CCCCC1. The summed E-state index contributed by atoms with van der Waals surface area (Å²) in [6.45, 7) is 8.51. The molecule has 0 aliphatic carbocycles. The summed E-state index contributed by atoms with van der Waals surface area (Å²) in [7, 11) is 0. The van der Waals surface area contributed by atoms with Gasteiger partial charge < -0.3 is 15.2 Å². The van der Waals surface area contributed by atoms with Crippen molar-refractivity contribution in [1.29, 1.82) is 0 Å². The second kappa shape index (κ2) is 9.62. The molecule has 1 aliphatic rings. The fraction of sp³-hybridized carbons (Fsp3) is 0.522. The van der Waals surface area contributed by atoms with E-state index in [0.29, 0.717) is 10.6 Å². The average Bonchev–Trinajstić information content (AvgIpc) is 2.97. The van der Waals surface area contributed by atoms with Crippen molar-refractivity contribution in [1.82, 2.24) is 9.47 Å². The van der Waals surface area contributed by atoms with E-state index >= 15 is 0 Å². The van der Waals surface area contributed by atoms with Crippen molar-refractivity contribution < 1.29 is 4.79 Å². The second-order valence-corrected chi connectivity index (χ2v) is 8.25. The standard InChI is InChI=1S/C23H32ClN3O/c1-3-4-8-20-22(18-9-11-19(24)12-10-18)21(23(25)28)17(2)27(20)16-15-26-13-6-5-7-14-26/h9-12H,3-8,13-16H2,1-2H3,(H2,25,28). The van der Waals surface area contributed by atoms with E-state index in [4.69, 9.17) is 17.3 Å². The number of nitrogens with two attached hydrogens (primary N) is 1. The Morgan fingerprint density at radius 1 is 1.11 bits per heavy atom. The lowest BCUT2D eigenvalue weighted by Crippen LogP contribution is -2.33. The highest BCUT2D eigenvalue weighted by molar-refractivity contribution is 6.30. The minimum absolute atomic E-state index is 0.350. The molecular weight excluding hydrogens is 370 g/mol. The summed E-state index contributed by atoms with van der Waals surface area (Å²) in [5, 5.41) is 0.695. The number of hydrogen-bond donors (Lipinski definition) is 1. The van der Waals surface area contributed by atoms with E-state index in [-0.39, 0.29) is 5.91 Å². The number of carbonyl (C=O) groups excluding carboxylic acids is 1. The number of piperidine rings is 1. The van der Waals surface area contributed by atoms with Crippen molar-refractivity contribution in [2.24, 2.45) is 5.73 Å². The van der Waals surface area contributed by atoms with Crippen molar-refractivity contribution in [3.8, 4) is 11.1 Å². The Morgan fingerprint density at radius 3 is 2.39 bits per heavy atom. The van der Waals surface area contributed by atoms with E-state index in [1.54, 1.807) is 0 Å². The monoisotopic (exact) mass is 401 g/mol. The molecule has 2 N–H and O–H groups in total. The molecule has 1 aromatic heterocycles. The maximum atomic E-state index is 12.4. The summed E-state index contributed by atoms with van der Waals surface area (Å²) >= 11 is 6.09. The van der Waals surface area contributed by atoms with Crippen molar-refractivity contribution in [3.05, 3.63) is 46.2 Å². The predicted molar refractivity (Wildman–Crippen MR) is 117 cm³/mol. The number of nitrogens with zero attached hydrogens (tertiary/aromatic N) is 2. The smallest absolute Gasteiger partial charge is 0.251 e. The molecule has 5 heteroatoms. The third kappa shape index (κ3) is 4.61. The first-order valence-corrected chi connectivity index (χ1v) is 10.9. The van der Waals surface area contributed by atoms with Crippen LogP contribution < -0.4 is 5.73 Å². The van der Waals surface area contributed by atoms with Crippen LogP contribution >= 0.6 is 11.6 Å². The highest BCUT2D eigenvalue weighted by atomic mass is 35.5. The molecule has 1 amide bonds. The summed E-state index contributed by atoms with van der Waals surface area (Å²) in [6, 6.07) is 7.75. The summed E-state index contributed by atoms with van der Waals surface area (Å²) in [4.78, 5) is 14.9. The summed E-state index contributed by atoms with van der Waals surface area (Å²) in [5.41, 5.74) is 10.7. The van der Waals surface area contributed by atoms with Crippen LogP contribution in [0.4, 0.5) is 0 Å². The van der Waals surface area contributed by atoms with Gasteiger partial charge in [-0.3, -0.25) is 4.79 Å². The first kappa shape index (κ1) is 20.9. The molecule has 152 valence electrons. The van der Waals surface area contributed by atoms with Crippen LogP contribution in [-0.4, -0.2) is 35.0 Å². The molecule has 0 bridgehead atoms. The van der Waals surface area contributed by atoms with E-state index in [9.17, 15) is 4.79 Å². The average molecular weight is 402 g/mol. The van der Waals surface area contributed by atoms with Gasteiger partial charge in [-0.25, -0.2) is 0 Å². The molecule has 2 aromatic rings. The lowest BCUT2D eigenvalue weighted by molar-refractivity contribution is 0.1000. The number of aromatic nitrogens is 1. The van der Waals surface area contributed by atoms with Gasteiger partial charge in [0.1, 0.15) is 0 Å². The van der Waals surface area contributed by atoms with Crippen LogP contribution in [0.3, 0.4) is 0 Å². The molecule has 28 heavy (non-hydrogen) atoms. The Hall–Kier alpha value is -1.78. The normalized spacial score (nSPS) is 15.1. The quantitative estimate of drug-likeness (QED) is 0.673. The fourth-order valence-electron chi connectivity index (χ4n) is 4.36. The number of benzene rings is 1. The molecule has 1 aliphatic heterocycles. The van der Waals surface area contributed by atoms with E-state index in [2.05, 4.69) is 16.4 Å². The molecule has 3 rings (SSSR count). The number of carbonyl (C=O) groups is 1. The number of likely N-dealkylation sites (tertiary alicyclic amines) is 1. The van der Waals surface area contributed by atoms with Crippen LogP contribution in [0.5, 0.6) is 0 Å². The van der Waals surface area contributed by atoms with Gasteiger partial charge in [-0.2, -0.15) is 0 Å². The number of hydrogen-bond acceptors (Lipinski definition) is 2. The Morgan fingerprint density at radius 2 is 1.79 bits per heavy atom. The topological polar surface area (TPSA) is 51.3 Å². The first-order chi connectivity index (χ1) is 13.5. The van der Waals surface area contributed by atoms with Crippen molar-refractivity contribution in [2.45, 2.75) is 58.9 Å². The third-order valence-corrected chi connectivity index (χ3v) is 6.12. The maximum Gasteiger partial charge on any atom is 0.251 e. The number of rotatable bonds is 8. The first-order valence-electron chi connectivity index (χ1n) is 10.5. The molecule has 1 saturated heterocycles. The van der Waals surface area contributed by atoms with Gasteiger partial charge in [0.2, 0.25) is 0 Å². The molecule has 0 saturated carbocycles. The van der Waals surface area contributed by atoms with Gasteiger partial charge in [0, 0.05) is 35.1 Å². The van der Waals surface area contributed by atoms with E-state index in [0.717, 1.165) is 49.2 Å². The van der Waals surface area contributed by atoms with Crippen LogP contribution in [0.15, 0.2) is 24.3 Å². The summed E-state index contributed by atoms with van der Waals surface area (Å²) in [5.74, 6) is -0.350. The molecule has 1 fully saturated rings. The Kier molecular flexibility index (Phi) is 7.19. The van der Waals surface area contributed by atoms with E-state index < -0.39 is 0 Å². The number of primary amides is 1. The van der Waals surface area contributed by atoms with Crippen LogP contribution in [0.1, 0.15) is 60.8 Å². The molecule has 0 atom stereocenters. The Balaban J connectivity index is 2.02. The molecule has 1 aromatic carbocycles. The lowest BCUT2D eigenvalue weighted by atomic mass is 9.97. The van der Waals surface area contributed by atoms with Gasteiger partial charge >= 0.3 is 0 Å². The lowest BCUT2D eigenvalue weighted by Gasteiger charge is -2.27. The van der Waals surface area contributed by atoms with Gasteiger partial charge in [-0.1, -0.05) is 43.5 Å².